The van der Waals surface area contributed by atoms with Gasteiger partial charge in [0.15, 0.2) is 9.84 Å². The Hall–Kier alpha value is -2.44. The first-order valence-electron chi connectivity index (χ1n) is 10.3. The van der Waals surface area contributed by atoms with Crippen molar-refractivity contribution in [3.05, 3.63) is 61.1 Å². The Bertz CT molecular complexity index is 1430. The smallest absolute Gasteiger partial charge is 0.281 e. The summed E-state index contributed by atoms with van der Waals surface area (Å²) < 4.78 is 23.1. The summed E-state index contributed by atoms with van der Waals surface area (Å²) in [6.07, 6.45) is 0. The number of benzene rings is 1. The fourth-order valence-corrected chi connectivity index (χ4v) is 6.71. The molecule has 2 N–H and O–H groups in total. The molecule has 0 aliphatic carbocycles. The number of hydrazone groups is 1. The summed E-state index contributed by atoms with van der Waals surface area (Å²) in [7, 11) is -3.10. The van der Waals surface area contributed by atoms with Crippen molar-refractivity contribution in [3.63, 3.8) is 0 Å². The lowest BCUT2D eigenvalue weighted by atomic mass is 10.1. The van der Waals surface area contributed by atoms with Gasteiger partial charge in [0, 0.05) is 18.5 Å². The number of rotatable bonds is 5. The molecule has 0 unspecified atom stereocenters. The summed E-state index contributed by atoms with van der Waals surface area (Å²) in [4.78, 5) is 27.9. The highest BCUT2D eigenvalue weighted by atomic mass is 35.5. The van der Waals surface area contributed by atoms with Crippen LogP contribution >= 0.6 is 45.9 Å². The minimum Gasteiger partial charge on any atom is -0.506 e. The number of thiophene rings is 2. The maximum atomic E-state index is 12.6. The third-order valence-electron chi connectivity index (χ3n) is 5.33. The molecule has 184 valence electrons. The molecule has 1 saturated heterocycles. The lowest BCUT2D eigenvalue weighted by Crippen LogP contribution is -2.43. The molecule has 1 fully saturated rings. The van der Waals surface area contributed by atoms with E-state index in [-0.39, 0.29) is 41.1 Å². The summed E-state index contributed by atoms with van der Waals surface area (Å²) >= 11 is 14.3. The van der Waals surface area contributed by atoms with Crippen LogP contribution in [0.5, 0.6) is 5.75 Å². The molecule has 3 heterocycles. The number of amides is 2. The minimum atomic E-state index is -3.10. The van der Waals surface area contributed by atoms with Gasteiger partial charge >= 0.3 is 0 Å². The molecule has 2 amide bonds. The fraction of sp³-hybridized carbons (Fsp3) is 0.227. The summed E-state index contributed by atoms with van der Waals surface area (Å²) in [5.74, 6) is -0.923. The zero-order chi connectivity index (χ0) is 25.3. The third-order valence-corrected chi connectivity index (χ3v) is 9.77. The summed E-state index contributed by atoms with van der Waals surface area (Å²) in [5.41, 5.74) is 3.99. The molecule has 1 aliphatic heterocycles. The van der Waals surface area contributed by atoms with Crippen LogP contribution in [-0.2, 0) is 9.84 Å². The molecule has 0 radical (unpaired) electrons. The van der Waals surface area contributed by atoms with Crippen molar-refractivity contribution >= 4 is 73.2 Å². The van der Waals surface area contributed by atoms with E-state index < -0.39 is 15.7 Å². The third kappa shape index (κ3) is 5.70. The largest absolute Gasteiger partial charge is 0.506 e. The zero-order valence-corrected chi connectivity index (χ0v) is 22.2. The Morgan fingerprint density at radius 2 is 1.77 bits per heavy atom. The van der Waals surface area contributed by atoms with Crippen molar-refractivity contribution in [3.8, 4) is 16.2 Å². The van der Waals surface area contributed by atoms with Crippen LogP contribution in [0.3, 0.4) is 0 Å². The lowest BCUT2D eigenvalue weighted by molar-refractivity contribution is 0.0775. The van der Waals surface area contributed by atoms with Crippen molar-refractivity contribution in [1.82, 2.24) is 10.3 Å². The first kappa shape index (κ1) is 25.6. The number of nitrogens with one attached hydrogen (secondary N) is 1. The summed E-state index contributed by atoms with van der Waals surface area (Å²) in [6, 6.07) is 8.10. The van der Waals surface area contributed by atoms with Gasteiger partial charge in [-0.1, -0.05) is 29.3 Å². The Morgan fingerprint density at radius 3 is 2.46 bits per heavy atom. The molecular weight excluding hydrogens is 553 g/mol. The maximum Gasteiger partial charge on any atom is 0.281 e. The van der Waals surface area contributed by atoms with Gasteiger partial charge in [0.25, 0.3) is 11.8 Å². The number of carbonyl (C=O) groups excluding carboxylic acids is 2. The van der Waals surface area contributed by atoms with Crippen LogP contribution in [0.25, 0.3) is 10.4 Å². The van der Waals surface area contributed by atoms with Gasteiger partial charge in [-0.05, 0) is 36.8 Å². The SMILES string of the molecule is C/C(=N\NC(=O)c1ccc(C(=O)N2CCS(=O)(=O)CC2)s1)c1csc(-c2ccc(Cl)c(Cl)c2)c1O. The van der Waals surface area contributed by atoms with Crippen LogP contribution in [0.15, 0.2) is 40.8 Å². The van der Waals surface area contributed by atoms with Gasteiger partial charge < -0.3 is 10.0 Å². The molecule has 0 saturated carbocycles. The van der Waals surface area contributed by atoms with Gasteiger partial charge in [0.2, 0.25) is 0 Å². The van der Waals surface area contributed by atoms with Gasteiger partial charge in [0.05, 0.1) is 47.5 Å². The molecule has 0 bridgehead atoms. The van der Waals surface area contributed by atoms with E-state index >= 15 is 0 Å². The van der Waals surface area contributed by atoms with Crippen LogP contribution in [0.1, 0.15) is 31.8 Å². The number of carbonyl (C=O) groups is 2. The number of nitrogens with zero attached hydrogens (tertiary/aromatic N) is 2. The molecule has 3 aromatic rings. The average molecular weight is 573 g/mol. The quantitative estimate of drug-likeness (QED) is 0.345. The van der Waals surface area contributed by atoms with Crippen LogP contribution in [-0.4, -0.2) is 60.5 Å². The van der Waals surface area contributed by atoms with Crippen molar-refractivity contribution in [2.24, 2.45) is 5.10 Å². The first-order valence-corrected chi connectivity index (χ1v) is 14.5. The standard InChI is InChI=1S/C22H19Cl2N3O5S3/c1-12(14-11-33-20(19(14)28)13-2-3-15(23)16(24)10-13)25-26-21(29)17-4-5-18(34-17)22(30)27-6-8-35(31,32)9-7-27/h2-5,10-11,28H,6-9H2,1H3,(H,26,29)/b25-12+. The van der Waals surface area contributed by atoms with Crippen molar-refractivity contribution in [2.75, 3.05) is 24.6 Å². The van der Waals surface area contributed by atoms with E-state index in [4.69, 9.17) is 23.2 Å². The van der Waals surface area contributed by atoms with Gasteiger partial charge in [0.1, 0.15) is 5.75 Å². The van der Waals surface area contributed by atoms with E-state index in [0.29, 0.717) is 36.6 Å². The number of aromatic hydroxyl groups is 1. The number of sulfone groups is 1. The molecule has 35 heavy (non-hydrogen) atoms. The van der Waals surface area contributed by atoms with E-state index in [2.05, 4.69) is 10.5 Å². The molecule has 1 aromatic carbocycles. The highest BCUT2D eigenvalue weighted by molar-refractivity contribution is 7.91. The Labute approximate surface area is 219 Å². The van der Waals surface area contributed by atoms with Crippen LogP contribution in [0.2, 0.25) is 10.0 Å². The summed E-state index contributed by atoms with van der Waals surface area (Å²) in [5, 5.41) is 17.3. The molecule has 1 aliphatic rings. The monoisotopic (exact) mass is 571 g/mol. The van der Waals surface area contributed by atoms with Gasteiger partial charge in [-0.25, -0.2) is 13.8 Å². The zero-order valence-electron chi connectivity index (χ0n) is 18.2. The second-order valence-corrected chi connectivity index (χ2v) is 12.8. The molecule has 0 spiro atoms. The Kier molecular flexibility index (Phi) is 7.53. The maximum absolute atomic E-state index is 12.6. The predicted molar refractivity (Wildman–Crippen MR) is 140 cm³/mol. The molecule has 8 nitrogen and oxygen atoms in total. The normalized spacial score (nSPS) is 15.7. The van der Waals surface area contributed by atoms with Crippen molar-refractivity contribution < 1.29 is 23.1 Å². The second kappa shape index (κ2) is 10.3. The molecule has 0 atom stereocenters. The minimum absolute atomic E-state index is 0.0106. The van der Waals surface area contributed by atoms with E-state index in [1.54, 1.807) is 30.5 Å². The van der Waals surface area contributed by atoms with Gasteiger partial charge in [-0.3, -0.25) is 9.59 Å². The first-order chi connectivity index (χ1) is 16.6. The van der Waals surface area contributed by atoms with Crippen LogP contribution in [0.4, 0.5) is 0 Å². The van der Waals surface area contributed by atoms with E-state index in [9.17, 15) is 23.1 Å². The summed E-state index contributed by atoms with van der Waals surface area (Å²) in [6.45, 7) is 1.92. The highest BCUT2D eigenvalue weighted by Gasteiger charge is 2.27. The van der Waals surface area contributed by atoms with Crippen molar-refractivity contribution in [2.45, 2.75) is 6.92 Å². The molecular formula is C22H19Cl2N3O5S3. The number of hydrogen-bond acceptors (Lipinski definition) is 8. The number of halogens is 2. The van der Waals surface area contributed by atoms with E-state index in [0.717, 1.165) is 11.3 Å². The molecule has 2 aromatic heterocycles. The lowest BCUT2D eigenvalue weighted by Gasteiger charge is -2.26. The molecule has 13 heteroatoms. The van der Waals surface area contributed by atoms with E-state index in [1.807, 2.05) is 0 Å². The number of hydrogen-bond donors (Lipinski definition) is 2. The van der Waals surface area contributed by atoms with Gasteiger partial charge in [-0.15, -0.1) is 22.7 Å². The second-order valence-electron chi connectivity index (χ2n) is 7.70. The van der Waals surface area contributed by atoms with Gasteiger partial charge in [-0.2, -0.15) is 5.10 Å². The highest BCUT2D eigenvalue weighted by Crippen LogP contribution is 2.40. The fourth-order valence-electron chi connectivity index (χ4n) is 3.35. The Morgan fingerprint density at radius 1 is 1.09 bits per heavy atom. The van der Waals surface area contributed by atoms with Crippen LogP contribution in [0, 0.1) is 0 Å². The predicted octanol–water partition coefficient (Wildman–Crippen LogP) is 4.51. The van der Waals surface area contributed by atoms with E-state index in [1.165, 1.54) is 28.4 Å². The molecule has 4 rings (SSSR count). The van der Waals surface area contributed by atoms with Crippen molar-refractivity contribution in [1.29, 1.82) is 0 Å². The average Bonchev–Trinajstić information content (AvgIpc) is 3.46. The Balaban J connectivity index is 1.43. The van der Waals surface area contributed by atoms with Crippen LogP contribution < -0.4 is 5.43 Å². The topological polar surface area (TPSA) is 116 Å².